The Labute approximate surface area is 163 Å². The molecule has 8 nitrogen and oxygen atoms in total. The molecular weight excluding hydrogens is 356 g/mol. The molecule has 0 saturated carbocycles. The quantitative estimate of drug-likeness (QED) is 0.705. The number of nitrogens with one attached hydrogen (secondary N) is 2. The van der Waals surface area contributed by atoms with E-state index in [0.29, 0.717) is 30.7 Å². The normalized spacial score (nSPS) is 14.3. The first-order valence-electron chi connectivity index (χ1n) is 9.34. The van der Waals surface area contributed by atoms with Crippen LogP contribution >= 0.6 is 0 Å². The molecule has 1 saturated heterocycles. The summed E-state index contributed by atoms with van der Waals surface area (Å²) in [5.74, 6) is 1.24. The summed E-state index contributed by atoms with van der Waals surface area (Å²) < 4.78 is 5.39. The van der Waals surface area contributed by atoms with Crippen molar-refractivity contribution < 1.29 is 9.53 Å². The van der Waals surface area contributed by atoms with Crippen molar-refractivity contribution in [3.05, 3.63) is 42.2 Å². The van der Waals surface area contributed by atoms with Crippen LogP contribution in [0.2, 0.25) is 0 Å². The first kappa shape index (κ1) is 18.2. The summed E-state index contributed by atoms with van der Waals surface area (Å²) in [6.45, 7) is 2.87. The van der Waals surface area contributed by atoms with Crippen molar-refractivity contribution in [3.63, 3.8) is 0 Å². The zero-order chi connectivity index (χ0) is 19.5. The first-order chi connectivity index (χ1) is 13.6. The van der Waals surface area contributed by atoms with Gasteiger partial charge in [-0.05, 0) is 11.6 Å². The number of anilines is 3. The van der Waals surface area contributed by atoms with Crippen molar-refractivity contribution >= 4 is 34.3 Å². The summed E-state index contributed by atoms with van der Waals surface area (Å²) in [5.41, 5.74) is 2.59. The lowest BCUT2D eigenvalue weighted by molar-refractivity contribution is -0.115. The van der Waals surface area contributed by atoms with Crippen LogP contribution in [0.4, 0.5) is 17.5 Å². The van der Waals surface area contributed by atoms with Crippen LogP contribution in [0, 0.1) is 0 Å². The third-order valence-electron chi connectivity index (χ3n) is 4.77. The van der Waals surface area contributed by atoms with Gasteiger partial charge in [0.25, 0.3) is 0 Å². The molecule has 2 aromatic heterocycles. The van der Waals surface area contributed by atoms with Crippen LogP contribution in [0.1, 0.15) is 5.56 Å². The number of fused-ring (bicyclic) bond motifs is 1. The number of aromatic amines is 1. The van der Waals surface area contributed by atoms with Gasteiger partial charge in [0.05, 0.1) is 25.8 Å². The molecule has 1 aromatic carbocycles. The molecule has 4 rings (SSSR count). The van der Waals surface area contributed by atoms with Gasteiger partial charge in [0.15, 0.2) is 5.82 Å². The van der Waals surface area contributed by atoms with Crippen LogP contribution in [-0.2, 0) is 16.0 Å². The third kappa shape index (κ3) is 3.77. The lowest BCUT2D eigenvalue weighted by Gasteiger charge is -2.28. The fourth-order valence-corrected chi connectivity index (χ4v) is 3.35. The predicted octanol–water partition coefficient (Wildman–Crippen LogP) is 2.04. The molecule has 0 spiro atoms. The predicted molar refractivity (Wildman–Crippen MR) is 110 cm³/mol. The van der Waals surface area contributed by atoms with Crippen LogP contribution in [-0.4, -0.2) is 61.3 Å². The molecule has 3 heterocycles. The van der Waals surface area contributed by atoms with Crippen molar-refractivity contribution in [2.75, 3.05) is 55.5 Å². The largest absolute Gasteiger partial charge is 0.378 e. The van der Waals surface area contributed by atoms with Crippen molar-refractivity contribution in [3.8, 4) is 0 Å². The van der Waals surface area contributed by atoms with Crippen molar-refractivity contribution in [1.82, 2.24) is 15.0 Å². The second-order valence-electron chi connectivity index (χ2n) is 6.99. The highest BCUT2D eigenvalue weighted by molar-refractivity contribution is 5.97. The Balaban J connectivity index is 1.52. The molecule has 8 heteroatoms. The maximum Gasteiger partial charge on any atom is 0.229 e. The van der Waals surface area contributed by atoms with Gasteiger partial charge in [-0.2, -0.15) is 4.98 Å². The highest BCUT2D eigenvalue weighted by Gasteiger charge is 2.18. The number of nitrogens with zero attached hydrogens (tertiary/aromatic N) is 4. The van der Waals surface area contributed by atoms with E-state index in [4.69, 9.17) is 4.74 Å². The van der Waals surface area contributed by atoms with Crippen molar-refractivity contribution in [1.29, 1.82) is 0 Å². The summed E-state index contributed by atoms with van der Waals surface area (Å²) in [6, 6.07) is 7.96. The van der Waals surface area contributed by atoms with Gasteiger partial charge in [0.1, 0.15) is 5.69 Å². The molecule has 0 atom stereocenters. The van der Waals surface area contributed by atoms with Crippen LogP contribution in [0.3, 0.4) is 0 Å². The number of carbonyl (C=O) groups excluding carboxylic acids is 1. The van der Waals surface area contributed by atoms with E-state index in [9.17, 15) is 4.79 Å². The average molecular weight is 380 g/mol. The highest BCUT2D eigenvalue weighted by atomic mass is 16.5. The van der Waals surface area contributed by atoms with E-state index >= 15 is 0 Å². The minimum absolute atomic E-state index is 0.101. The Bertz CT molecular complexity index is 978. The van der Waals surface area contributed by atoms with Gasteiger partial charge in [-0.25, -0.2) is 4.98 Å². The molecule has 3 aromatic rings. The Morgan fingerprint density at radius 3 is 2.86 bits per heavy atom. The van der Waals surface area contributed by atoms with Crippen LogP contribution < -0.4 is 15.1 Å². The Hall–Kier alpha value is -3.13. The van der Waals surface area contributed by atoms with Crippen LogP contribution in [0.25, 0.3) is 10.9 Å². The van der Waals surface area contributed by atoms with Gasteiger partial charge in [-0.1, -0.05) is 18.2 Å². The summed E-state index contributed by atoms with van der Waals surface area (Å²) in [5, 5.41) is 4.02. The van der Waals surface area contributed by atoms with Gasteiger partial charge in [-0.15, -0.1) is 0 Å². The average Bonchev–Trinajstić information content (AvgIpc) is 3.11. The number of rotatable bonds is 5. The smallest absolute Gasteiger partial charge is 0.229 e. The number of aromatic nitrogens is 3. The molecule has 28 heavy (non-hydrogen) atoms. The molecule has 1 amide bonds. The van der Waals surface area contributed by atoms with E-state index in [-0.39, 0.29) is 12.3 Å². The van der Waals surface area contributed by atoms with Gasteiger partial charge in [0.2, 0.25) is 11.9 Å². The maximum absolute atomic E-state index is 12.7. The zero-order valence-corrected chi connectivity index (χ0v) is 16.1. The van der Waals surface area contributed by atoms with Crippen LogP contribution in [0.15, 0.2) is 36.7 Å². The number of morpholine rings is 1. The Morgan fingerprint density at radius 1 is 1.29 bits per heavy atom. The summed E-state index contributed by atoms with van der Waals surface area (Å²) in [4.78, 5) is 29.0. The molecule has 1 fully saturated rings. The number of amides is 1. The summed E-state index contributed by atoms with van der Waals surface area (Å²) in [6.07, 6.45) is 3.84. The number of hydrogen-bond donors (Lipinski definition) is 2. The highest BCUT2D eigenvalue weighted by Crippen LogP contribution is 2.25. The molecule has 2 N–H and O–H groups in total. The Morgan fingerprint density at radius 2 is 2.07 bits per heavy atom. The topological polar surface area (TPSA) is 86.4 Å². The van der Waals surface area contributed by atoms with Gasteiger partial charge in [-0.3, -0.25) is 4.79 Å². The van der Waals surface area contributed by atoms with E-state index in [0.717, 1.165) is 29.6 Å². The van der Waals surface area contributed by atoms with E-state index in [1.807, 2.05) is 49.5 Å². The van der Waals surface area contributed by atoms with E-state index in [1.165, 1.54) is 0 Å². The maximum atomic E-state index is 12.7. The summed E-state index contributed by atoms with van der Waals surface area (Å²) in [7, 11) is 3.81. The minimum Gasteiger partial charge on any atom is -0.378 e. The van der Waals surface area contributed by atoms with E-state index in [1.54, 1.807) is 6.20 Å². The SMILES string of the molecule is CN(C)c1nc(N2CCOCC2)ncc1NC(=O)Cc1c[nH]c2ccccc12. The lowest BCUT2D eigenvalue weighted by atomic mass is 10.1. The third-order valence-corrected chi connectivity index (χ3v) is 4.77. The zero-order valence-electron chi connectivity index (χ0n) is 16.1. The van der Waals surface area contributed by atoms with Gasteiger partial charge < -0.3 is 24.8 Å². The van der Waals surface area contributed by atoms with E-state index in [2.05, 4.69) is 25.2 Å². The number of ether oxygens (including phenoxy) is 1. The molecule has 1 aliphatic rings. The number of hydrogen-bond acceptors (Lipinski definition) is 6. The molecule has 0 aliphatic carbocycles. The fourth-order valence-electron chi connectivity index (χ4n) is 3.35. The lowest BCUT2D eigenvalue weighted by Crippen LogP contribution is -2.37. The first-order valence-corrected chi connectivity index (χ1v) is 9.34. The van der Waals surface area contributed by atoms with Crippen molar-refractivity contribution in [2.45, 2.75) is 6.42 Å². The number of para-hydroxylation sites is 1. The second-order valence-corrected chi connectivity index (χ2v) is 6.99. The molecule has 0 bridgehead atoms. The van der Waals surface area contributed by atoms with Gasteiger partial charge in [0, 0.05) is 44.3 Å². The second kappa shape index (κ2) is 7.85. The fraction of sp³-hybridized carbons (Fsp3) is 0.350. The molecular formula is C20H24N6O2. The number of benzene rings is 1. The van der Waals surface area contributed by atoms with Crippen LogP contribution in [0.5, 0.6) is 0 Å². The van der Waals surface area contributed by atoms with E-state index < -0.39 is 0 Å². The van der Waals surface area contributed by atoms with Gasteiger partial charge >= 0.3 is 0 Å². The number of carbonyl (C=O) groups is 1. The Kier molecular flexibility index (Phi) is 5.12. The molecule has 1 aliphatic heterocycles. The monoisotopic (exact) mass is 380 g/mol. The molecule has 0 unspecified atom stereocenters. The number of H-pyrrole nitrogens is 1. The van der Waals surface area contributed by atoms with Crippen molar-refractivity contribution in [2.24, 2.45) is 0 Å². The standard InChI is InChI=1S/C20H24N6O2/c1-25(2)19-17(13-22-20(24-19)26-7-9-28-10-8-26)23-18(27)11-14-12-21-16-6-4-3-5-15(14)16/h3-6,12-13,21H,7-11H2,1-2H3,(H,23,27). The molecule has 146 valence electrons. The molecule has 0 radical (unpaired) electrons. The minimum atomic E-state index is -0.101. The summed E-state index contributed by atoms with van der Waals surface area (Å²) >= 11 is 0.